The number of aromatic hydroxyl groups is 1. The van der Waals surface area contributed by atoms with Crippen molar-refractivity contribution >= 4 is 15.9 Å². The molecule has 6 nitrogen and oxygen atoms in total. The van der Waals surface area contributed by atoms with Crippen LogP contribution in [-0.2, 0) is 10.2 Å². The van der Waals surface area contributed by atoms with Gasteiger partial charge >= 0.3 is 10.2 Å². The first-order valence-electron chi connectivity index (χ1n) is 6.47. The molecule has 114 valence electrons. The first-order chi connectivity index (χ1) is 9.19. The largest absolute Gasteiger partial charge is 0.506 e. The van der Waals surface area contributed by atoms with Crippen LogP contribution in [0.4, 0.5) is 5.69 Å². The van der Waals surface area contributed by atoms with Crippen LogP contribution in [0.2, 0.25) is 0 Å². The molecule has 1 aromatic rings. The van der Waals surface area contributed by atoms with Crippen LogP contribution in [0.25, 0.3) is 0 Å². The molecule has 0 heterocycles. The summed E-state index contributed by atoms with van der Waals surface area (Å²) in [6.07, 6.45) is 0.836. The number of benzene rings is 1. The van der Waals surface area contributed by atoms with E-state index in [1.54, 1.807) is 12.1 Å². The van der Waals surface area contributed by atoms with Gasteiger partial charge in [-0.1, -0.05) is 13.0 Å². The Morgan fingerprint density at radius 3 is 2.45 bits per heavy atom. The van der Waals surface area contributed by atoms with Crippen LogP contribution in [0.15, 0.2) is 18.2 Å². The van der Waals surface area contributed by atoms with Crippen molar-refractivity contribution in [3.05, 3.63) is 23.8 Å². The van der Waals surface area contributed by atoms with Crippen LogP contribution in [0, 0.1) is 0 Å². The highest BCUT2D eigenvalue weighted by molar-refractivity contribution is 7.90. The van der Waals surface area contributed by atoms with Gasteiger partial charge in [-0.25, -0.2) is 0 Å². The van der Waals surface area contributed by atoms with Gasteiger partial charge in [0.25, 0.3) is 0 Å². The molecule has 0 aliphatic rings. The average Bonchev–Trinajstić information content (AvgIpc) is 2.33. The first kappa shape index (κ1) is 16.7. The number of hydrogen-bond acceptors (Lipinski definition) is 4. The molecule has 1 rings (SSSR count). The Bertz CT molecular complexity index is 556. The van der Waals surface area contributed by atoms with Crippen LogP contribution < -0.4 is 10.5 Å². The first-order valence-corrected chi connectivity index (χ1v) is 7.91. The molecule has 2 unspecified atom stereocenters. The summed E-state index contributed by atoms with van der Waals surface area (Å²) < 4.78 is 27.0. The highest BCUT2D eigenvalue weighted by Gasteiger charge is 2.19. The number of hydrogen-bond donors (Lipinski definition) is 3. The summed E-state index contributed by atoms with van der Waals surface area (Å²) in [5, 5.41) is 9.80. The SMILES string of the molecule is CCC(c1ccc(O)c(NS(=O)(=O)N(C)C)c1)C(C)N. The molecule has 4 N–H and O–H groups in total. The second kappa shape index (κ2) is 6.43. The third kappa shape index (κ3) is 3.84. The summed E-state index contributed by atoms with van der Waals surface area (Å²) in [4.78, 5) is 0. The van der Waals surface area contributed by atoms with E-state index < -0.39 is 10.2 Å². The van der Waals surface area contributed by atoms with Crippen molar-refractivity contribution in [1.29, 1.82) is 0 Å². The van der Waals surface area contributed by atoms with Crippen LogP contribution in [0.5, 0.6) is 5.75 Å². The Kier molecular flexibility index (Phi) is 5.38. The topological polar surface area (TPSA) is 95.7 Å². The molecule has 0 spiro atoms. The van der Waals surface area contributed by atoms with Crippen molar-refractivity contribution in [2.75, 3.05) is 18.8 Å². The lowest BCUT2D eigenvalue weighted by atomic mass is 9.90. The molecule has 0 saturated carbocycles. The molecule has 0 radical (unpaired) electrons. The van der Waals surface area contributed by atoms with Crippen molar-refractivity contribution in [3.63, 3.8) is 0 Å². The molecule has 0 bridgehead atoms. The second-order valence-electron chi connectivity index (χ2n) is 5.04. The monoisotopic (exact) mass is 301 g/mol. The van der Waals surface area contributed by atoms with E-state index in [2.05, 4.69) is 4.72 Å². The summed E-state index contributed by atoms with van der Waals surface area (Å²) >= 11 is 0. The molecule has 0 saturated heterocycles. The fourth-order valence-electron chi connectivity index (χ4n) is 2.01. The normalized spacial score (nSPS) is 15.1. The van der Waals surface area contributed by atoms with E-state index >= 15 is 0 Å². The Morgan fingerprint density at radius 2 is 2.00 bits per heavy atom. The van der Waals surface area contributed by atoms with E-state index in [4.69, 9.17) is 5.73 Å². The van der Waals surface area contributed by atoms with E-state index in [9.17, 15) is 13.5 Å². The van der Waals surface area contributed by atoms with Gasteiger partial charge in [0.05, 0.1) is 5.69 Å². The maximum absolute atomic E-state index is 11.8. The lowest BCUT2D eigenvalue weighted by molar-refractivity contribution is 0.475. The molecule has 0 aliphatic heterocycles. The quantitative estimate of drug-likeness (QED) is 0.693. The molecular formula is C13H23N3O3S. The number of phenolic OH excluding ortho intramolecular Hbond substituents is 1. The predicted octanol–water partition coefficient (Wildman–Crippen LogP) is 1.45. The molecule has 20 heavy (non-hydrogen) atoms. The Morgan fingerprint density at radius 1 is 1.40 bits per heavy atom. The lowest BCUT2D eigenvalue weighted by Gasteiger charge is -2.21. The van der Waals surface area contributed by atoms with Crippen LogP contribution in [-0.4, -0.2) is 38.0 Å². The minimum Gasteiger partial charge on any atom is -0.506 e. The van der Waals surface area contributed by atoms with Gasteiger partial charge in [-0.2, -0.15) is 12.7 Å². The minimum atomic E-state index is -3.65. The molecule has 0 aromatic heterocycles. The fraction of sp³-hybridized carbons (Fsp3) is 0.538. The van der Waals surface area contributed by atoms with Crippen molar-refractivity contribution in [2.24, 2.45) is 5.73 Å². The summed E-state index contributed by atoms with van der Waals surface area (Å²) in [5.41, 5.74) is 7.00. The van der Waals surface area contributed by atoms with Crippen molar-refractivity contribution < 1.29 is 13.5 Å². The van der Waals surface area contributed by atoms with Gasteiger partial charge in [0.15, 0.2) is 0 Å². The Labute approximate surface area is 120 Å². The standard InChI is InChI=1S/C13H23N3O3S/c1-5-11(9(2)14)10-6-7-13(17)12(8-10)15-20(18,19)16(3)4/h6-9,11,15,17H,5,14H2,1-4H3. The van der Waals surface area contributed by atoms with E-state index in [1.165, 1.54) is 20.2 Å². The molecule has 1 aromatic carbocycles. The highest BCUT2D eigenvalue weighted by atomic mass is 32.2. The lowest BCUT2D eigenvalue weighted by Crippen LogP contribution is -2.29. The van der Waals surface area contributed by atoms with Gasteiger partial charge in [-0.3, -0.25) is 4.72 Å². The maximum atomic E-state index is 11.8. The predicted molar refractivity (Wildman–Crippen MR) is 81.0 cm³/mol. The van der Waals surface area contributed by atoms with Gasteiger partial charge in [0.2, 0.25) is 0 Å². The van der Waals surface area contributed by atoms with Crippen LogP contribution in [0.3, 0.4) is 0 Å². The van der Waals surface area contributed by atoms with Gasteiger partial charge in [-0.05, 0) is 37.0 Å². The van der Waals surface area contributed by atoms with E-state index in [0.717, 1.165) is 16.3 Å². The number of anilines is 1. The number of nitrogens with zero attached hydrogens (tertiary/aromatic N) is 1. The molecule has 0 fully saturated rings. The molecule has 7 heteroatoms. The molecular weight excluding hydrogens is 278 g/mol. The summed E-state index contributed by atoms with van der Waals surface area (Å²) in [6, 6.07) is 4.82. The third-order valence-electron chi connectivity index (χ3n) is 3.24. The van der Waals surface area contributed by atoms with Crippen LogP contribution >= 0.6 is 0 Å². The van der Waals surface area contributed by atoms with Crippen LogP contribution in [0.1, 0.15) is 31.7 Å². The van der Waals surface area contributed by atoms with Gasteiger partial charge in [-0.15, -0.1) is 0 Å². The number of nitrogens with two attached hydrogens (primary N) is 1. The molecule has 2 atom stereocenters. The summed E-state index contributed by atoms with van der Waals surface area (Å²) in [7, 11) is -0.818. The maximum Gasteiger partial charge on any atom is 0.301 e. The highest BCUT2D eigenvalue weighted by Crippen LogP contribution is 2.31. The number of phenols is 1. The minimum absolute atomic E-state index is 0.0529. The zero-order valence-electron chi connectivity index (χ0n) is 12.3. The fourth-order valence-corrected chi connectivity index (χ4v) is 2.63. The molecule has 0 amide bonds. The summed E-state index contributed by atoms with van der Waals surface area (Å²) in [5.74, 6) is -0.00286. The Balaban J connectivity index is 3.16. The van der Waals surface area contributed by atoms with E-state index in [0.29, 0.717) is 0 Å². The zero-order chi connectivity index (χ0) is 15.5. The van der Waals surface area contributed by atoms with E-state index in [1.807, 2.05) is 13.8 Å². The molecule has 0 aliphatic carbocycles. The van der Waals surface area contributed by atoms with E-state index in [-0.39, 0.29) is 23.4 Å². The zero-order valence-corrected chi connectivity index (χ0v) is 13.1. The van der Waals surface area contributed by atoms with Crippen molar-refractivity contribution in [2.45, 2.75) is 32.2 Å². The van der Waals surface area contributed by atoms with Crippen molar-refractivity contribution in [3.8, 4) is 5.75 Å². The average molecular weight is 301 g/mol. The Hall–Kier alpha value is -1.31. The summed E-state index contributed by atoms with van der Waals surface area (Å²) in [6.45, 7) is 3.93. The van der Waals surface area contributed by atoms with Gasteiger partial charge in [0, 0.05) is 20.1 Å². The second-order valence-corrected chi connectivity index (χ2v) is 6.92. The van der Waals surface area contributed by atoms with Crippen molar-refractivity contribution in [1.82, 2.24) is 4.31 Å². The number of nitrogens with one attached hydrogen (secondary N) is 1. The third-order valence-corrected chi connectivity index (χ3v) is 4.68. The smallest absolute Gasteiger partial charge is 0.301 e. The van der Waals surface area contributed by atoms with Gasteiger partial charge in [0.1, 0.15) is 5.75 Å². The number of rotatable bonds is 6. The van der Waals surface area contributed by atoms with Gasteiger partial charge < -0.3 is 10.8 Å².